The van der Waals surface area contributed by atoms with Crippen LogP contribution in [0.1, 0.15) is 24.0 Å². The number of nitrogens with zero attached hydrogens (tertiary/aromatic N) is 1. The maximum atomic E-state index is 12.5. The van der Waals surface area contributed by atoms with Crippen molar-refractivity contribution in [3.8, 4) is 0 Å². The summed E-state index contributed by atoms with van der Waals surface area (Å²) in [5.41, 5.74) is 1.96. The highest BCUT2D eigenvalue weighted by molar-refractivity contribution is 7.88. The lowest BCUT2D eigenvalue weighted by Gasteiger charge is -2.32. The first-order chi connectivity index (χ1) is 9.04. The van der Waals surface area contributed by atoms with Crippen molar-refractivity contribution in [1.29, 1.82) is 0 Å². The molecule has 104 valence electrons. The molecule has 2 atom stereocenters. The molecule has 2 aliphatic heterocycles. The fourth-order valence-electron chi connectivity index (χ4n) is 3.04. The Labute approximate surface area is 114 Å². The first-order valence-corrected chi connectivity index (χ1v) is 8.44. The van der Waals surface area contributed by atoms with E-state index in [1.165, 1.54) is 0 Å². The third kappa shape index (κ3) is 2.68. The topological polar surface area (TPSA) is 49.4 Å². The van der Waals surface area contributed by atoms with Crippen LogP contribution in [0.4, 0.5) is 0 Å². The molecule has 2 saturated heterocycles. The van der Waals surface area contributed by atoms with Crippen LogP contribution in [0.3, 0.4) is 0 Å². The van der Waals surface area contributed by atoms with E-state index >= 15 is 0 Å². The average Bonchev–Trinajstić information content (AvgIpc) is 2.71. The number of hydrogen-bond acceptors (Lipinski definition) is 3. The second kappa shape index (κ2) is 4.89. The van der Waals surface area contributed by atoms with Gasteiger partial charge in [0.05, 0.1) is 5.75 Å². The van der Waals surface area contributed by atoms with Crippen LogP contribution >= 0.6 is 0 Å². The van der Waals surface area contributed by atoms with E-state index in [0.717, 1.165) is 24.0 Å². The monoisotopic (exact) mass is 280 g/mol. The Hall–Kier alpha value is -0.910. The fourth-order valence-corrected chi connectivity index (χ4v) is 4.76. The van der Waals surface area contributed by atoms with E-state index in [1.807, 2.05) is 31.2 Å². The first kappa shape index (κ1) is 13.1. The summed E-state index contributed by atoms with van der Waals surface area (Å²) < 4.78 is 26.7. The van der Waals surface area contributed by atoms with Crippen LogP contribution in [-0.4, -0.2) is 37.9 Å². The first-order valence-electron chi connectivity index (χ1n) is 6.83. The molecule has 1 N–H and O–H groups in total. The Kier molecular flexibility index (Phi) is 3.37. The molecule has 0 aliphatic carbocycles. The molecule has 19 heavy (non-hydrogen) atoms. The number of fused-ring (bicyclic) bond motifs is 2. The van der Waals surface area contributed by atoms with Gasteiger partial charge in [-0.05, 0) is 30.9 Å². The number of sulfonamides is 1. The van der Waals surface area contributed by atoms with Crippen molar-refractivity contribution in [2.75, 3.05) is 13.1 Å². The van der Waals surface area contributed by atoms with Gasteiger partial charge in [0.25, 0.3) is 0 Å². The van der Waals surface area contributed by atoms with Crippen molar-refractivity contribution in [2.45, 2.75) is 37.6 Å². The van der Waals surface area contributed by atoms with E-state index in [4.69, 9.17) is 0 Å². The smallest absolute Gasteiger partial charge is 0.218 e. The molecule has 1 aromatic carbocycles. The molecule has 0 saturated carbocycles. The Morgan fingerprint density at radius 2 is 1.84 bits per heavy atom. The van der Waals surface area contributed by atoms with Crippen molar-refractivity contribution in [2.24, 2.45) is 0 Å². The lowest BCUT2D eigenvalue weighted by molar-refractivity contribution is 0.296. The molecule has 5 heteroatoms. The van der Waals surface area contributed by atoms with Crippen LogP contribution in [0.25, 0.3) is 0 Å². The van der Waals surface area contributed by atoms with Gasteiger partial charge in [-0.15, -0.1) is 0 Å². The van der Waals surface area contributed by atoms with Crippen LogP contribution in [0.15, 0.2) is 24.3 Å². The van der Waals surface area contributed by atoms with Gasteiger partial charge < -0.3 is 5.32 Å². The minimum absolute atomic E-state index is 0.124. The standard InChI is InChI=1S/C14H20N2O2S/c1-11-4-2-3-5-12(11)10-19(17,18)16-8-13-6-7-14(9-16)15-13/h2-5,13-15H,6-10H2,1H3. The van der Waals surface area contributed by atoms with Crippen molar-refractivity contribution in [1.82, 2.24) is 9.62 Å². The van der Waals surface area contributed by atoms with Gasteiger partial charge in [-0.25, -0.2) is 8.42 Å². The van der Waals surface area contributed by atoms with Gasteiger partial charge >= 0.3 is 0 Å². The fraction of sp³-hybridized carbons (Fsp3) is 0.571. The Balaban J connectivity index is 1.78. The molecule has 1 aromatic rings. The number of piperazine rings is 1. The zero-order valence-corrected chi connectivity index (χ0v) is 12.0. The quantitative estimate of drug-likeness (QED) is 0.907. The van der Waals surface area contributed by atoms with Gasteiger partial charge in [0.2, 0.25) is 10.0 Å². The molecule has 4 nitrogen and oxygen atoms in total. The van der Waals surface area contributed by atoms with E-state index < -0.39 is 10.0 Å². The van der Waals surface area contributed by atoms with Gasteiger partial charge in [-0.2, -0.15) is 4.31 Å². The summed E-state index contributed by atoms with van der Waals surface area (Å²) >= 11 is 0. The van der Waals surface area contributed by atoms with Crippen molar-refractivity contribution >= 4 is 10.0 Å². The van der Waals surface area contributed by atoms with Crippen LogP contribution in [0, 0.1) is 6.92 Å². The van der Waals surface area contributed by atoms with Crippen LogP contribution < -0.4 is 5.32 Å². The highest BCUT2D eigenvalue weighted by Gasteiger charge is 2.37. The molecule has 2 heterocycles. The minimum Gasteiger partial charge on any atom is -0.309 e. The number of hydrogen-bond donors (Lipinski definition) is 1. The zero-order valence-electron chi connectivity index (χ0n) is 11.2. The molecule has 2 fully saturated rings. The van der Waals surface area contributed by atoms with Crippen LogP contribution in [-0.2, 0) is 15.8 Å². The summed E-state index contributed by atoms with van der Waals surface area (Å²) in [6, 6.07) is 8.42. The van der Waals surface area contributed by atoms with E-state index in [1.54, 1.807) is 4.31 Å². The molecule has 0 spiro atoms. The van der Waals surface area contributed by atoms with Crippen molar-refractivity contribution in [3.05, 3.63) is 35.4 Å². The summed E-state index contributed by atoms with van der Waals surface area (Å²) in [5.74, 6) is 0.124. The number of nitrogens with one attached hydrogen (secondary N) is 1. The number of benzene rings is 1. The molecule has 0 amide bonds. The SMILES string of the molecule is Cc1ccccc1CS(=O)(=O)N1CC2CCC(C1)N2. The molecule has 0 aromatic heterocycles. The maximum Gasteiger partial charge on any atom is 0.218 e. The molecule has 3 rings (SSSR count). The molecule has 0 radical (unpaired) electrons. The summed E-state index contributed by atoms with van der Waals surface area (Å²) in [6.07, 6.45) is 2.20. The highest BCUT2D eigenvalue weighted by atomic mass is 32.2. The summed E-state index contributed by atoms with van der Waals surface area (Å²) in [4.78, 5) is 0. The van der Waals surface area contributed by atoms with Crippen molar-refractivity contribution < 1.29 is 8.42 Å². The molecular formula is C14H20N2O2S. The Morgan fingerprint density at radius 1 is 1.21 bits per heavy atom. The zero-order chi connectivity index (χ0) is 13.5. The molecule has 2 unspecified atom stereocenters. The molecular weight excluding hydrogens is 260 g/mol. The third-order valence-electron chi connectivity index (χ3n) is 4.18. The Bertz CT molecular complexity index is 559. The largest absolute Gasteiger partial charge is 0.309 e. The second-order valence-corrected chi connectivity index (χ2v) is 7.61. The normalized spacial score (nSPS) is 27.6. The van der Waals surface area contributed by atoms with Gasteiger partial charge in [0.1, 0.15) is 0 Å². The summed E-state index contributed by atoms with van der Waals surface area (Å²) in [7, 11) is -3.19. The number of aryl methyl sites for hydroxylation is 1. The van der Waals surface area contributed by atoms with Crippen molar-refractivity contribution in [3.63, 3.8) is 0 Å². The van der Waals surface area contributed by atoms with Crippen LogP contribution in [0.2, 0.25) is 0 Å². The maximum absolute atomic E-state index is 12.5. The second-order valence-electron chi connectivity index (χ2n) is 5.64. The van der Waals surface area contributed by atoms with Gasteiger partial charge in [0.15, 0.2) is 0 Å². The average molecular weight is 280 g/mol. The van der Waals surface area contributed by atoms with E-state index in [2.05, 4.69) is 5.32 Å². The van der Waals surface area contributed by atoms with E-state index in [-0.39, 0.29) is 5.75 Å². The lowest BCUT2D eigenvalue weighted by atomic mass is 10.1. The van der Waals surface area contributed by atoms with E-state index in [9.17, 15) is 8.42 Å². The molecule has 2 aliphatic rings. The van der Waals surface area contributed by atoms with Crippen LogP contribution in [0.5, 0.6) is 0 Å². The Morgan fingerprint density at radius 3 is 2.47 bits per heavy atom. The lowest BCUT2D eigenvalue weighted by Crippen LogP contribution is -2.53. The highest BCUT2D eigenvalue weighted by Crippen LogP contribution is 2.24. The predicted molar refractivity (Wildman–Crippen MR) is 75.3 cm³/mol. The molecule has 2 bridgehead atoms. The predicted octanol–water partition coefficient (Wildman–Crippen LogP) is 1.26. The minimum atomic E-state index is -3.19. The van der Waals surface area contributed by atoms with Gasteiger partial charge in [-0.1, -0.05) is 24.3 Å². The summed E-state index contributed by atoms with van der Waals surface area (Å²) in [5, 5.41) is 3.46. The van der Waals surface area contributed by atoms with Gasteiger partial charge in [0, 0.05) is 25.2 Å². The summed E-state index contributed by atoms with van der Waals surface area (Å²) in [6.45, 7) is 3.22. The van der Waals surface area contributed by atoms with Gasteiger partial charge in [-0.3, -0.25) is 0 Å². The number of rotatable bonds is 3. The van der Waals surface area contributed by atoms with E-state index in [0.29, 0.717) is 25.2 Å². The third-order valence-corrected chi connectivity index (χ3v) is 5.94.